The van der Waals surface area contributed by atoms with Crippen LogP contribution in [0.25, 0.3) is 0 Å². The predicted octanol–water partition coefficient (Wildman–Crippen LogP) is 1.09. The van der Waals surface area contributed by atoms with Gasteiger partial charge in [-0.3, -0.25) is 4.79 Å². The Hall–Kier alpha value is -1.09. The summed E-state index contributed by atoms with van der Waals surface area (Å²) >= 11 is 0. The van der Waals surface area contributed by atoms with E-state index >= 15 is 0 Å². The lowest BCUT2D eigenvalue weighted by Crippen LogP contribution is -2.27. The number of hydrogen-bond acceptors (Lipinski definition) is 2. The average Bonchev–Trinajstić information content (AvgIpc) is 2.92. The molecule has 3 nitrogen and oxygen atoms in total. The van der Waals surface area contributed by atoms with Crippen LogP contribution in [-0.4, -0.2) is 17.7 Å². The molecule has 0 spiro atoms. The molecule has 1 aliphatic rings. The summed E-state index contributed by atoms with van der Waals surface area (Å²) in [6.07, 6.45) is 3.20. The lowest BCUT2D eigenvalue weighted by molar-refractivity contribution is 0.555. The molecule has 1 aromatic heterocycles. The summed E-state index contributed by atoms with van der Waals surface area (Å²) in [6.45, 7) is 5.03. The van der Waals surface area contributed by atoms with E-state index in [0.29, 0.717) is 0 Å². The van der Waals surface area contributed by atoms with Crippen LogP contribution in [0, 0.1) is 11.8 Å². The zero-order valence-electron chi connectivity index (χ0n) is 9.15. The zero-order valence-corrected chi connectivity index (χ0v) is 9.15. The van der Waals surface area contributed by atoms with Crippen LogP contribution in [0.3, 0.4) is 0 Å². The quantitative estimate of drug-likeness (QED) is 0.732. The Morgan fingerprint density at radius 1 is 1.53 bits per heavy atom. The first-order valence-electron chi connectivity index (χ1n) is 5.63. The van der Waals surface area contributed by atoms with E-state index in [1.54, 1.807) is 16.7 Å². The number of hydrogen-bond donors (Lipinski definition) is 1. The van der Waals surface area contributed by atoms with E-state index in [1.165, 1.54) is 6.42 Å². The SMILES string of the molecule is CC1CC1CNCCn1ccccc1=O. The van der Waals surface area contributed by atoms with Crippen molar-refractivity contribution in [2.45, 2.75) is 19.9 Å². The van der Waals surface area contributed by atoms with Gasteiger partial charge in [-0.1, -0.05) is 13.0 Å². The van der Waals surface area contributed by atoms with E-state index in [0.717, 1.165) is 31.5 Å². The van der Waals surface area contributed by atoms with Crippen molar-refractivity contribution in [3.63, 3.8) is 0 Å². The van der Waals surface area contributed by atoms with Crippen LogP contribution < -0.4 is 10.9 Å². The van der Waals surface area contributed by atoms with E-state index in [2.05, 4.69) is 12.2 Å². The van der Waals surface area contributed by atoms with E-state index in [4.69, 9.17) is 0 Å². The number of nitrogens with one attached hydrogen (secondary N) is 1. The molecular formula is C12H18N2O. The first kappa shape index (κ1) is 10.4. The minimum absolute atomic E-state index is 0.0825. The van der Waals surface area contributed by atoms with E-state index in [1.807, 2.05) is 12.3 Å². The maximum Gasteiger partial charge on any atom is 0.250 e. The van der Waals surface area contributed by atoms with Gasteiger partial charge in [0.1, 0.15) is 0 Å². The molecule has 0 aliphatic heterocycles. The molecule has 0 radical (unpaired) electrons. The van der Waals surface area contributed by atoms with Gasteiger partial charge in [-0.25, -0.2) is 0 Å². The second-order valence-corrected chi connectivity index (χ2v) is 4.41. The molecule has 1 fully saturated rings. The summed E-state index contributed by atoms with van der Waals surface area (Å²) in [6, 6.07) is 5.27. The monoisotopic (exact) mass is 206 g/mol. The fourth-order valence-electron chi connectivity index (χ4n) is 1.82. The summed E-state index contributed by atoms with van der Waals surface area (Å²) in [7, 11) is 0. The van der Waals surface area contributed by atoms with Gasteiger partial charge in [-0.2, -0.15) is 0 Å². The molecule has 0 amide bonds. The predicted molar refractivity (Wildman–Crippen MR) is 60.8 cm³/mol. The summed E-state index contributed by atoms with van der Waals surface area (Å²) in [5.74, 6) is 1.77. The minimum atomic E-state index is 0.0825. The van der Waals surface area contributed by atoms with Crippen molar-refractivity contribution in [1.82, 2.24) is 9.88 Å². The van der Waals surface area contributed by atoms with Crippen LogP contribution in [0.5, 0.6) is 0 Å². The maximum absolute atomic E-state index is 11.3. The van der Waals surface area contributed by atoms with E-state index in [-0.39, 0.29) is 5.56 Å². The molecule has 1 N–H and O–H groups in total. The zero-order chi connectivity index (χ0) is 10.7. The van der Waals surface area contributed by atoms with E-state index in [9.17, 15) is 4.79 Å². The molecule has 0 saturated heterocycles. The van der Waals surface area contributed by atoms with Crippen molar-refractivity contribution in [1.29, 1.82) is 0 Å². The molecule has 1 aromatic rings. The van der Waals surface area contributed by atoms with Crippen molar-refractivity contribution < 1.29 is 0 Å². The maximum atomic E-state index is 11.3. The highest BCUT2D eigenvalue weighted by atomic mass is 16.1. The number of aromatic nitrogens is 1. The molecule has 2 unspecified atom stereocenters. The van der Waals surface area contributed by atoms with Gasteiger partial charge in [0.25, 0.3) is 5.56 Å². The van der Waals surface area contributed by atoms with Crippen molar-refractivity contribution in [2.24, 2.45) is 11.8 Å². The molecule has 2 rings (SSSR count). The number of nitrogens with zero attached hydrogens (tertiary/aromatic N) is 1. The highest BCUT2D eigenvalue weighted by molar-refractivity contribution is 4.93. The third-order valence-electron chi connectivity index (χ3n) is 3.11. The number of pyridine rings is 1. The molecule has 82 valence electrons. The first-order chi connectivity index (χ1) is 7.27. The van der Waals surface area contributed by atoms with Gasteiger partial charge in [0, 0.05) is 25.4 Å². The van der Waals surface area contributed by atoms with Gasteiger partial charge in [0.15, 0.2) is 0 Å². The fourth-order valence-corrected chi connectivity index (χ4v) is 1.82. The van der Waals surface area contributed by atoms with Gasteiger partial charge >= 0.3 is 0 Å². The van der Waals surface area contributed by atoms with Crippen LogP contribution in [-0.2, 0) is 6.54 Å². The second-order valence-electron chi connectivity index (χ2n) is 4.41. The second kappa shape index (κ2) is 4.62. The van der Waals surface area contributed by atoms with Crippen molar-refractivity contribution in [3.8, 4) is 0 Å². The highest BCUT2D eigenvalue weighted by Gasteiger charge is 2.31. The molecule has 2 atom stereocenters. The molecule has 3 heteroatoms. The van der Waals surface area contributed by atoms with Crippen LogP contribution >= 0.6 is 0 Å². The Morgan fingerprint density at radius 2 is 2.33 bits per heavy atom. The van der Waals surface area contributed by atoms with Gasteiger partial charge in [-0.05, 0) is 30.9 Å². The van der Waals surface area contributed by atoms with Gasteiger partial charge in [0.05, 0.1) is 0 Å². The Labute approximate surface area is 90.1 Å². The van der Waals surface area contributed by atoms with Crippen LogP contribution in [0.15, 0.2) is 29.2 Å². The minimum Gasteiger partial charge on any atom is -0.315 e. The van der Waals surface area contributed by atoms with Crippen molar-refractivity contribution in [2.75, 3.05) is 13.1 Å². The fraction of sp³-hybridized carbons (Fsp3) is 0.583. The first-order valence-corrected chi connectivity index (χ1v) is 5.63. The molecular weight excluding hydrogens is 188 g/mol. The largest absolute Gasteiger partial charge is 0.315 e. The third-order valence-corrected chi connectivity index (χ3v) is 3.11. The summed E-state index contributed by atoms with van der Waals surface area (Å²) < 4.78 is 1.74. The summed E-state index contributed by atoms with van der Waals surface area (Å²) in [5.41, 5.74) is 0.0825. The van der Waals surface area contributed by atoms with Crippen molar-refractivity contribution >= 4 is 0 Å². The smallest absolute Gasteiger partial charge is 0.250 e. The molecule has 1 aliphatic carbocycles. The normalized spacial score (nSPS) is 24.1. The standard InChI is InChI=1S/C12H18N2O/c1-10-8-11(10)9-13-5-7-14-6-3-2-4-12(14)15/h2-4,6,10-11,13H,5,7-9H2,1H3. The topological polar surface area (TPSA) is 34.0 Å². The third kappa shape index (κ3) is 2.93. The number of rotatable bonds is 5. The Balaban J connectivity index is 1.69. The van der Waals surface area contributed by atoms with Gasteiger partial charge < -0.3 is 9.88 Å². The molecule has 0 aromatic carbocycles. The lowest BCUT2D eigenvalue weighted by Gasteiger charge is -2.06. The molecule has 1 heterocycles. The Morgan fingerprint density at radius 3 is 3.00 bits per heavy atom. The van der Waals surface area contributed by atoms with E-state index < -0.39 is 0 Å². The molecule has 0 bridgehead atoms. The summed E-state index contributed by atoms with van der Waals surface area (Å²) in [5, 5.41) is 3.39. The molecule has 15 heavy (non-hydrogen) atoms. The Kier molecular flexibility index (Phi) is 3.21. The van der Waals surface area contributed by atoms with Crippen LogP contribution in [0.1, 0.15) is 13.3 Å². The van der Waals surface area contributed by atoms with Crippen molar-refractivity contribution in [3.05, 3.63) is 34.7 Å². The summed E-state index contributed by atoms with van der Waals surface area (Å²) in [4.78, 5) is 11.3. The average molecular weight is 206 g/mol. The Bertz CT molecular complexity index is 372. The van der Waals surface area contributed by atoms with Crippen LogP contribution in [0.2, 0.25) is 0 Å². The van der Waals surface area contributed by atoms with Gasteiger partial charge in [-0.15, -0.1) is 0 Å². The van der Waals surface area contributed by atoms with Gasteiger partial charge in [0.2, 0.25) is 0 Å². The molecule has 1 saturated carbocycles. The van der Waals surface area contributed by atoms with Crippen LogP contribution in [0.4, 0.5) is 0 Å². The highest BCUT2D eigenvalue weighted by Crippen LogP contribution is 2.36. The lowest BCUT2D eigenvalue weighted by atomic mass is 10.3.